The first kappa shape index (κ1) is 18.7. The van der Waals surface area contributed by atoms with Gasteiger partial charge in [-0.15, -0.1) is 11.3 Å². The molecule has 0 aliphatic carbocycles. The van der Waals surface area contributed by atoms with E-state index in [0.29, 0.717) is 0 Å². The zero-order valence-electron chi connectivity index (χ0n) is 13.8. The second-order valence-corrected chi connectivity index (χ2v) is 6.94. The van der Waals surface area contributed by atoms with Gasteiger partial charge in [0, 0.05) is 9.75 Å². The Morgan fingerprint density at radius 3 is 2.00 bits per heavy atom. The molecule has 0 nitrogen and oxygen atoms in total. The molecule has 0 fully saturated rings. The molecule has 0 radical (unpaired) electrons. The molecule has 0 spiro atoms. The predicted octanol–water partition coefficient (Wildman–Crippen LogP) is 7.01. The van der Waals surface area contributed by atoms with Crippen LogP contribution in [0, 0.1) is 12.8 Å². The number of hydrogen-bond acceptors (Lipinski definition) is 1. The number of unbranched alkanes of at least 4 members (excludes halogenated alkanes) is 5. The molecule has 0 atom stereocenters. The van der Waals surface area contributed by atoms with Crippen LogP contribution in [-0.4, -0.2) is 0 Å². The lowest BCUT2D eigenvalue weighted by Crippen LogP contribution is -1.87. The maximum Gasteiger partial charge on any atom is 0.00480 e. The van der Waals surface area contributed by atoms with Gasteiger partial charge in [-0.25, -0.2) is 0 Å². The van der Waals surface area contributed by atoms with E-state index in [0.717, 1.165) is 5.92 Å². The van der Waals surface area contributed by atoms with Gasteiger partial charge in [0.25, 0.3) is 0 Å². The topological polar surface area (TPSA) is 0 Å². The van der Waals surface area contributed by atoms with E-state index in [1.807, 2.05) is 25.2 Å². The standard InChI is InChI=1S/C16H28S.C2H6/c1-14(2)10-8-6-4-5-7-9-11-16-13-12-15(3)17-16;1-2/h12-14H,4-11H2,1-3H3;1-2H3. The number of hydrogen-bond donors (Lipinski definition) is 0. The zero-order chi connectivity index (χ0) is 14.5. The minimum atomic E-state index is 0.886. The van der Waals surface area contributed by atoms with E-state index in [1.54, 1.807) is 4.88 Å². The Kier molecular flexibility index (Phi) is 12.5. The lowest BCUT2D eigenvalue weighted by molar-refractivity contribution is 0.512. The summed E-state index contributed by atoms with van der Waals surface area (Å²) in [4.78, 5) is 3.02. The van der Waals surface area contributed by atoms with Gasteiger partial charge in [-0.2, -0.15) is 0 Å². The first-order valence-corrected chi connectivity index (χ1v) is 9.05. The Morgan fingerprint density at radius 2 is 1.47 bits per heavy atom. The highest BCUT2D eigenvalue weighted by Crippen LogP contribution is 2.18. The summed E-state index contributed by atoms with van der Waals surface area (Å²) in [6.45, 7) is 10.8. The van der Waals surface area contributed by atoms with Gasteiger partial charge in [-0.3, -0.25) is 0 Å². The Balaban J connectivity index is 0.00000154. The Hall–Kier alpha value is -0.300. The van der Waals surface area contributed by atoms with Gasteiger partial charge in [0.1, 0.15) is 0 Å². The normalized spacial score (nSPS) is 10.4. The van der Waals surface area contributed by atoms with Crippen molar-refractivity contribution in [2.75, 3.05) is 0 Å². The summed E-state index contributed by atoms with van der Waals surface area (Å²) in [6.07, 6.45) is 11.2. The van der Waals surface area contributed by atoms with Crippen molar-refractivity contribution in [3.63, 3.8) is 0 Å². The largest absolute Gasteiger partial charge is 0.146 e. The third-order valence-electron chi connectivity index (χ3n) is 3.25. The fraction of sp³-hybridized carbons (Fsp3) is 0.778. The SMILES string of the molecule is CC.Cc1ccc(CCCCCCCCC(C)C)s1. The van der Waals surface area contributed by atoms with Crippen LogP contribution in [0.5, 0.6) is 0 Å². The van der Waals surface area contributed by atoms with Gasteiger partial charge >= 0.3 is 0 Å². The van der Waals surface area contributed by atoms with Crippen molar-refractivity contribution in [2.24, 2.45) is 5.92 Å². The van der Waals surface area contributed by atoms with Crippen LogP contribution in [-0.2, 0) is 6.42 Å². The van der Waals surface area contributed by atoms with E-state index in [-0.39, 0.29) is 0 Å². The van der Waals surface area contributed by atoms with Gasteiger partial charge in [-0.1, -0.05) is 66.2 Å². The fourth-order valence-corrected chi connectivity index (χ4v) is 3.11. The molecule has 0 saturated heterocycles. The third kappa shape index (κ3) is 11.2. The van der Waals surface area contributed by atoms with E-state index in [2.05, 4.69) is 32.9 Å². The van der Waals surface area contributed by atoms with Crippen molar-refractivity contribution in [1.29, 1.82) is 0 Å². The molecular weight excluding hydrogens is 248 g/mol. The molecule has 1 aromatic rings. The first-order chi connectivity index (χ1) is 9.18. The summed E-state index contributed by atoms with van der Waals surface area (Å²) >= 11 is 1.96. The smallest absolute Gasteiger partial charge is 0.00480 e. The Labute approximate surface area is 125 Å². The second-order valence-electron chi connectivity index (χ2n) is 5.57. The van der Waals surface area contributed by atoms with Crippen LogP contribution in [0.1, 0.15) is 82.4 Å². The molecule has 0 N–H and O–H groups in total. The predicted molar refractivity (Wildman–Crippen MR) is 91.3 cm³/mol. The average Bonchev–Trinajstić information content (AvgIpc) is 2.80. The van der Waals surface area contributed by atoms with Crippen LogP contribution >= 0.6 is 11.3 Å². The van der Waals surface area contributed by atoms with Crippen molar-refractivity contribution >= 4 is 11.3 Å². The molecule has 0 amide bonds. The quantitative estimate of drug-likeness (QED) is 0.427. The molecule has 0 unspecified atom stereocenters. The molecule has 19 heavy (non-hydrogen) atoms. The highest BCUT2D eigenvalue weighted by atomic mass is 32.1. The minimum absolute atomic E-state index is 0.886. The Morgan fingerprint density at radius 1 is 0.895 bits per heavy atom. The van der Waals surface area contributed by atoms with Crippen LogP contribution in [0.3, 0.4) is 0 Å². The molecule has 0 aromatic carbocycles. The van der Waals surface area contributed by atoms with Crippen molar-refractivity contribution in [1.82, 2.24) is 0 Å². The van der Waals surface area contributed by atoms with E-state index in [1.165, 1.54) is 56.2 Å². The molecule has 0 saturated carbocycles. The monoisotopic (exact) mass is 282 g/mol. The molecule has 0 bridgehead atoms. The van der Waals surface area contributed by atoms with Crippen LogP contribution in [0.15, 0.2) is 12.1 Å². The molecule has 0 aliphatic heterocycles. The van der Waals surface area contributed by atoms with Crippen LogP contribution in [0.2, 0.25) is 0 Å². The lowest BCUT2D eigenvalue weighted by atomic mass is 10.0. The summed E-state index contributed by atoms with van der Waals surface area (Å²) in [5.74, 6) is 0.886. The van der Waals surface area contributed by atoms with E-state index >= 15 is 0 Å². The summed E-state index contributed by atoms with van der Waals surface area (Å²) in [6, 6.07) is 4.54. The lowest BCUT2D eigenvalue weighted by Gasteiger charge is -2.04. The van der Waals surface area contributed by atoms with Crippen molar-refractivity contribution in [3.8, 4) is 0 Å². The van der Waals surface area contributed by atoms with E-state index < -0.39 is 0 Å². The molecular formula is C18H34S. The fourth-order valence-electron chi connectivity index (χ4n) is 2.18. The van der Waals surface area contributed by atoms with Gasteiger partial charge < -0.3 is 0 Å². The maximum atomic E-state index is 2.32. The van der Waals surface area contributed by atoms with Crippen LogP contribution in [0.4, 0.5) is 0 Å². The highest BCUT2D eigenvalue weighted by Gasteiger charge is 1.97. The summed E-state index contributed by atoms with van der Waals surface area (Å²) in [5.41, 5.74) is 0. The summed E-state index contributed by atoms with van der Waals surface area (Å²) < 4.78 is 0. The van der Waals surface area contributed by atoms with Crippen LogP contribution < -0.4 is 0 Å². The molecule has 1 rings (SSSR count). The molecule has 112 valence electrons. The minimum Gasteiger partial charge on any atom is -0.146 e. The summed E-state index contributed by atoms with van der Waals surface area (Å²) in [7, 11) is 0. The number of aryl methyl sites for hydroxylation is 2. The summed E-state index contributed by atoms with van der Waals surface area (Å²) in [5, 5.41) is 0. The molecule has 1 heterocycles. The number of thiophene rings is 1. The number of rotatable bonds is 9. The van der Waals surface area contributed by atoms with E-state index in [4.69, 9.17) is 0 Å². The zero-order valence-corrected chi connectivity index (χ0v) is 14.6. The van der Waals surface area contributed by atoms with Crippen molar-refractivity contribution in [3.05, 3.63) is 21.9 Å². The van der Waals surface area contributed by atoms with Crippen LogP contribution in [0.25, 0.3) is 0 Å². The van der Waals surface area contributed by atoms with Gasteiger partial charge in [0.15, 0.2) is 0 Å². The maximum absolute atomic E-state index is 2.32. The van der Waals surface area contributed by atoms with Crippen molar-refractivity contribution in [2.45, 2.75) is 86.0 Å². The second kappa shape index (κ2) is 12.7. The highest BCUT2D eigenvalue weighted by molar-refractivity contribution is 7.11. The molecule has 0 aliphatic rings. The average molecular weight is 283 g/mol. The van der Waals surface area contributed by atoms with Gasteiger partial charge in [-0.05, 0) is 37.8 Å². The molecule has 1 heteroatoms. The first-order valence-electron chi connectivity index (χ1n) is 8.24. The van der Waals surface area contributed by atoms with Gasteiger partial charge in [0.2, 0.25) is 0 Å². The van der Waals surface area contributed by atoms with Gasteiger partial charge in [0.05, 0.1) is 0 Å². The Bertz CT molecular complexity index is 286. The molecule has 1 aromatic heterocycles. The van der Waals surface area contributed by atoms with E-state index in [9.17, 15) is 0 Å². The third-order valence-corrected chi connectivity index (χ3v) is 4.31. The van der Waals surface area contributed by atoms with Crippen molar-refractivity contribution < 1.29 is 0 Å².